The molecule has 0 saturated heterocycles. The van der Waals surface area contributed by atoms with Crippen molar-refractivity contribution >= 4 is 40.3 Å². The van der Waals surface area contributed by atoms with Gasteiger partial charge in [0.15, 0.2) is 0 Å². The van der Waals surface area contributed by atoms with Crippen molar-refractivity contribution in [2.24, 2.45) is 5.73 Å². The van der Waals surface area contributed by atoms with Gasteiger partial charge in [-0.1, -0.05) is 12.1 Å². The largest absolute Gasteiger partial charge is 0.468 e. The van der Waals surface area contributed by atoms with Gasteiger partial charge in [0.05, 0.1) is 7.11 Å². The molecule has 0 bridgehead atoms. The topological polar surface area (TPSA) is 52.3 Å². The number of methoxy groups -OCH3 is 1. The van der Waals surface area contributed by atoms with Crippen LogP contribution in [0.25, 0.3) is 0 Å². The van der Waals surface area contributed by atoms with Crippen LogP contribution in [0.15, 0.2) is 24.3 Å². The number of esters is 1. The van der Waals surface area contributed by atoms with E-state index in [4.69, 9.17) is 5.73 Å². The summed E-state index contributed by atoms with van der Waals surface area (Å²) in [5.74, 6) is 1.48. The van der Waals surface area contributed by atoms with E-state index in [1.54, 1.807) is 11.8 Å². The van der Waals surface area contributed by atoms with Crippen LogP contribution in [0.1, 0.15) is 12.0 Å². The third kappa shape index (κ3) is 5.74. The van der Waals surface area contributed by atoms with Crippen LogP contribution in [0.3, 0.4) is 0 Å². The molecular weight excluding hydrogens is 349 g/mol. The molecule has 1 atom stereocenters. The van der Waals surface area contributed by atoms with Crippen molar-refractivity contribution in [1.82, 2.24) is 0 Å². The van der Waals surface area contributed by atoms with Gasteiger partial charge in [0.2, 0.25) is 0 Å². The molecule has 0 aliphatic heterocycles. The summed E-state index contributed by atoms with van der Waals surface area (Å²) in [6.07, 6.45) is 0.654. The number of hydrogen-bond donors (Lipinski definition) is 1. The Balaban J connectivity index is 2.20. The quantitative estimate of drug-likeness (QED) is 0.478. The van der Waals surface area contributed by atoms with Crippen molar-refractivity contribution in [3.63, 3.8) is 0 Å². The van der Waals surface area contributed by atoms with Gasteiger partial charge < -0.3 is 10.5 Å². The van der Waals surface area contributed by atoms with Crippen LogP contribution >= 0.6 is 34.4 Å². The standard InChI is InChI=1S/C12H16INO2S/c1-16-12(15)11(14)6-7-17-8-9-2-4-10(13)5-3-9/h2-5,11H,6-8,14H2,1H3. The van der Waals surface area contributed by atoms with E-state index in [9.17, 15) is 4.79 Å². The van der Waals surface area contributed by atoms with E-state index in [1.165, 1.54) is 16.2 Å². The molecule has 1 aromatic carbocycles. The van der Waals surface area contributed by atoms with Gasteiger partial charge >= 0.3 is 5.97 Å². The second-order valence-corrected chi connectivity index (χ2v) is 5.95. The van der Waals surface area contributed by atoms with E-state index in [0.717, 1.165) is 11.5 Å². The second-order valence-electron chi connectivity index (χ2n) is 3.60. The Hall–Kier alpha value is -0.270. The summed E-state index contributed by atoms with van der Waals surface area (Å²) in [5, 5.41) is 0. The number of thioether (sulfide) groups is 1. The van der Waals surface area contributed by atoms with Gasteiger partial charge in [-0.05, 0) is 52.5 Å². The summed E-state index contributed by atoms with van der Waals surface area (Å²) < 4.78 is 5.81. The highest BCUT2D eigenvalue weighted by Gasteiger charge is 2.12. The van der Waals surface area contributed by atoms with Crippen molar-refractivity contribution in [1.29, 1.82) is 0 Å². The van der Waals surface area contributed by atoms with Crippen LogP contribution in [0.4, 0.5) is 0 Å². The first kappa shape index (κ1) is 14.8. The normalized spacial score (nSPS) is 12.2. The van der Waals surface area contributed by atoms with Gasteiger partial charge in [-0.3, -0.25) is 4.79 Å². The summed E-state index contributed by atoms with van der Waals surface area (Å²) in [6, 6.07) is 7.93. The lowest BCUT2D eigenvalue weighted by Crippen LogP contribution is -2.31. The Labute approximate surface area is 120 Å². The van der Waals surface area contributed by atoms with Crippen LogP contribution in [-0.2, 0) is 15.3 Å². The monoisotopic (exact) mass is 365 g/mol. The predicted octanol–water partition coefficient (Wildman–Crippen LogP) is 2.41. The molecule has 0 radical (unpaired) electrons. The van der Waals surface area contributed by atoms with Crippen molar-refractivity contribution in [2.45, 2.75) is 18.2 Å². The molecule has 2 N–H and O–H groups in total. The maximum atomic E-state index is 11.1. The molecular formula is C12H16INO2S. The van der Waals surface area contributed by atoms with Crippen molar-refractivity contribution in [3.8, 4) is 0 Å². The summed E-state index contributed by atoms with van der Waals surface area (Å²) in [4.78, 5) is 11.1. The maximum Gasteiger partial charge on any atom is 0.322 e. The zero-order chi connectivity index (χ0) is 12.7. The lowest BCUT2D eigenvalue weighted by atomic mass is 10.2. The molecule has 94 valence electrons. The molecule has 1 aromatic rings. The predicted molar refractivity (Wildman–Crippen MR) is 79.9 cm³/mol. The highest BCUT2D eigenvalue weighted by molar-refractivity contribution is 14.1. The zero-order valence-electron chi connectivity index (χ0n) is 9.69. The van der Waals surface area contributed by atoms with Gasteiger partial charge in [-0.15, -0.1) is 0 Å². The Morgan fingerprint density at radius 2 is 2.12 bits per heavy atom. The molecule has 0 aromatic heterocycles. The fraction of sp³-hybridized carbons (Fsp3) is 0.417. The number of hydrogen-bond acceptors (Lipinski definition) is 4. The molecule has 0 heterocycles. The summed E-state index contributed by atoms with van der Waals surface area (Å²) >= 11 is 4.07. The Morgan fingerprint density at radius 3 is 2.71 bits per heavy atom. The van der Waals surface area contributed by atoms with E-state index in [2.05, 4.69) is 51.6 Å². The molecule has 1 unspecified atom stereocenters. The number of carbonyl (C=O) groups excluding carboxylic acids is 1. The van der Waals surface area contributed by atoms with Crippen LogP contribution in [-0.4, -0.2) is 24.9 Å². The van der Waals surface area contributed by atoms with Crippen molar-refractivity contribution < 1.29 is 9.53 Å². The summed E-state index contributed by atoms with van der Waals surface area (Å²) in [6.45, 7) is 0. The van der Waals surface area contributed by atoms with E-state index in [-0.39, 0.29) is 5.97 Å². The average molecular weight is 365 g/mol. The van der Waals surface area contributed by atoms with Gasteiger partial charge in [0, 0.05) is 9.32 Å². The zero-order valence-corrected chi connectivity index (χ0v) is 12.7. The van der Waals surface area contributed by atoms with Gasteiger partial charge in [0.1, 0.15) is 6.04 Å². The maximum absolute atomic E-state index is 11.1. The minimum atomic E-state index is -0.496. The Kier molecular flexibility index (Phi) is 6.91. The second kappa shape index (κ2) is 7.94. The third-order valence-corrected chi connectivity index (χ3v) is 4.04. The number of ether oxygens (including phenoxy) is 1. The minimum absolute atomic E-state index is 0.333. The summed E-state index contributed by atoms with van der Waals surface area (Å²) in [7, 11) is 1.36. The first-order valence-electron chi connectivity index (χ1n) is 5.29. The van der Waals surface area contributed by atoms with E-state index < -0.39 is 6.04 Å². The molecule has 0 aliphatic rings. The molecule has 0 fully saturated rings. The van der Waals surface area contributed by atoms with Crippen molar-refractivity contribution in [2.75, 3.05) is 12.9 Å². The lowest BCUT2D eigenvalue weighted by Gasteiger charge is -2.08. The van der Waals surface area contributed by atoms with E-state index in [0.29, 0.717) is 6.42 Å². The molecule has 0 aliphatic carbocycles. The molecule has 5 heteroatoms. The number of benzene rings is 1. The number of halogens is 1. The van der Waals surface area contributed by atoms with Gasteiger partial charge in [0.25, 0.3) is 0 Å². The van der Waals surface area contributed by atoms with E-state index in [1.807, 2.05) is 0 Å². The lowest BCUT2D eigenvalue weighted by molar-refractivity contribution is -0.142. The number of rotatable bonds is 6. The number of carbonyl (C=O) groups is 1. The first-order chi connectivity index (χ1) is 8.13. The van der Waals surface area contributed by atoms with Crippen LogP contribution < -0.4 is 5.73 Å². The molecule has 1 rings (SSSR count). The molecule has 3 nitrogen and oxygen atoms in total. The first-order valence-corrected chi connectivity index (χ1v) is 7.52. The highest BCUT2D eigenvalue weighted by atomic mass is 127. The Bertz CT molecular complexity index is 356. The molecule has 17 heavy (non-hydrogen) atoms. The van der Waals surface area contributed by atoms with Crippen LogP contribution in [0.2, 0.25) is 0 Å². The van der Waals surface area contributed by atoms with E-state index >= 15 is 0 Å². The average Bonchev–Trinajstić information content (AvgIpc) is 2.35. The minimum Gasteiger partial charge on any atom is -0.468 e. The fourth-order valence-corrected chi connectivity index (χ4v) is 2.60. The smallest absolute Gasteiger partial charge is 0.322 e. The third-order valence-electron chi connectivity index (χ3n) is 2.26. The fourth-order valence-electron chi connectivity index (χ4n) is 1.25. The summed E-state index contributed by atoms with van der Waals surface area (Å²) in [5.41, 5.74) is 6.93. The van der Waals surface area contributed by atoms with Crippen molar-refractivity contribution in [3.05, 3.63) is 33.4 Å². The SMILES string of the molecule is COC(=O)C(N)CCSCc1ccc(I)cc1. The Morgan fingerprint density at radius 1 is 1.47 bits per heavy atom. The van der Waals surface area contributed by atoms with Gasteiger partial charge in [-0.25, -0.2) is 0 Å². The highest BCUT2D eigenvalue weighted by Crippen LogP contribution is 2.15. The molecule has 0 saturated carbocycles. The molecule has 0 amide bonds. The number of nitrogens with two attached hydrogens (primary N) is 1. The molecule has 0 spiro atoms. The van der Waals surface area contributed by atoms with Crippen LogP contribution in [0.5, 0.6) is 0 Å². The van der Waals surface area contributed by atoms with Gasteiger partial charge in [-0.2, -0.15) is 11.8 Å². The van der Waals surface area contributed by atoms with Crippen LogP contribution in [0, 0.1) is 3.57 Å².